The largest absolute Gasteiger partial charge is 0.497 e. The molecule has 142 valence electrons. The van der Waals surface area contributed by atoms with Crippen molar-refractivity contribution >= 4 is 11.6 Å². The molecular weight excluding hydrogens is 366 g/mol. The summed E-state index contributed by atoms with van der Waals surface area (Å²) in [6, 6.07) is 16.7. The molecule has 2 aromatic carbocycles. The van der Waals surface area contributed by atoms with Gasteiger partial charge in [-0.25, -0.2) is 0 Å². The maximum atomic E-state index is 10.5. The standard InChI is InChI=1S/C21H22ClNO4/c1-25-14-7-9-20(26-2)17(11-14)19(24)13-23-12-15-8-10-21(27-15)16-5-3-4-6-18(16)22/h3-11,19,23-24H,12-13H2,1-2H3. The molecule has 0 radical (unpaired) electrons. The molecule has 1 aromatic heterocycles. The van der Waals surface area contributed by atoms with E-state index in [-0.39, 0.29) is 0 Å². The highest BCUT2D eigenvalue weighted by Gasteiger charge is 2.15. The molecule has 1 atom stereocenters. The second kappa shape index (κ2) is 8.95. The van der Waals surface area contributed by atoms with Gasteiger partial charge in [0.15, 0.2) is 0 Å². The molecule has 2 N–H and O–H groups in total. The van der Waals surface area contributed by atoms with E-state index in [1.807, 2.05) is 36.4 Å². The Morgan fingerprint density at radius 1 is 1.07 bits per heavy atom. The van der Waals surface area contributed by atoms with Gasteiger partial charge in [-0.3, -0.25) is 0 Å². The highest BCUT2D eigenvalue weighted by Crippen LogP contribution is 2.30. The van der Waals surface area contributed by atoms with E-state index in [0.29, 0.717) is 40.9 Å². The fraction of sp³-hybridized carbons (Fsp3) is 0.238. The van der Waals surface area contributed by atoms with E-state index < -0.39 is 6.10 Å². The van der Waals surface area contributed by atoms with E-state index >= 15 is 0 Å². The van der Waals surface area contributed by atoms with Gasteiger partial charge in [0.05, 0.1) is 31.9 Å². The summed E-state index contributed by atoms with van der Waals surface area (Å²) < 4.78 is 16.4. The molecule has 0 amide bonds. The molecule has 1 heterocycles. The van der Waals surface area contributed by atoms with Crippen LogP contribution in [0.2, 0.25) is 5.02 Å². The first-order chi connectivity index (χ1) is 13.1. The number of hydrogen-bond donors (Lipinski definition) is 2. The molecule has 0 aliphatic carbocycles. The van der Waals surface area contributed by atoms with Crippen LogP contribution in [-0.2, 0) is 6.54 Å². The minimum Gasteiger partial charge on any atom is -0.497 e. The third kappa shape index (κ3) is 4.63. The number of aliphatic hydroxyl groups excluding tert-OH is 1. The lowest BCUT2D eigenvalue weighted by Gasteiger charge is -2.16. The van der Waals surface area contributed by atoms with Crippen LogP contribution in [0.4, 0.5) is 0 Å². The smallest absolute Gasteiger partial charge is 0.135 e. The van der Waals surface area contributed by atoms with E-state index in [4.69, 9.17) is 25.5 Å². The molecule has 1 unspecified atom stereocenters. The highest BCUT2D eigenvalue weighted by atomic mass is 35.5. The molecule has 0 aliphatic rings. The van der Waals surface area contributed by atoms with Gasteiger partial charge < -0.3 is 24.3 Å². The van der Waals surface area contributed by atoms with Crippen molar-refractivity contribution in [1.29, 1.82) is 0 Å². The van der Waals surface area contributed by atoms with Crippen LogP contribution in [0, 0.1) is 0 Å². The number of rotatable bonds is 8. The summed E-state index contributed by atoms with van der Waals surface area (Å²) >= 11 is 6.20. The van der Waals surface area contributed by atoms with Gasteiger partial charge in [-0.1, -0.05) is 23.7 Å². The first-order valence-electron chi connectivity index (χ1n) is 8.56. The molecule has 5 nitrogen and oxygen atoms in total. The van der Waals surface area contributed by atoms with E-state index in [0.717, 1.165) is 11.3 Å². The average molecular weight is 388 g/mol. The number of ether oxygens (including phenoxy) is 2. The van der Waals surface area contributed by atoms with Gasteiger partial charge in [0.2, 0.25) is 0 Å². The molecular formula is C21H22ClNO4. The monoisotopic (exact) mass is 387 g/mol. The Balaban J connectivity index is 1.61. The lowest BCUT2D eigenvalue weighted by Crippen LogP contribution is -2.21. The molecule has 3 rings (SSSR count). The van der Waals surface area contributed by atoms with Crippen LogP contribution in [0.1, 0.15) is 17.4 Å². The zero-order valence-corrected chi connectivity index (χ0v) is 16.0. The zero-order chi connectivity index (χ0) is 19.2. The Morgan fingerprint density at radius 3 is 2.63 bits per heavy atom. The summed E-state index contributed by atoms with van der Waals surface area (Å²) in [4.78, 5) is 0. The van der Waals surface area contributed by atoms with Crippen molar-refractivity contribution in [2.24, 2.45) is 0 Å². The SMILES string of the molecule is COc1ccc(OC)c(C(O)CNCc2ccc(-c3ccccc3Cl)o2)c1. The van der Waals surface area contributed by atoms with Crippen molar-refractivity contribution in [3.8, 4) is 22.8 Å². The Morgan fingerprint density at radius 2 is 1.89 bits per heavy atom. The maximum Gasteiger partial charge on any atom is 0.135 e. The molecule has 0 spiro atoms. The first-order valence-corrected chi connectivity index (χ1v) is 8.94. The number of methoxy groups -OCH3 is 2. The van der Waals surface area contributed by atoms with Crippen molar-refractivity contribution < 1.29 is 19.0 Å². The van der Waals surface area contributed by atoms with E-state index in [2.05, 4.69) is 5.32 Å². The Bertz CT molecular complexity index is 893. The van der Waals surface area contributed by atoms with Crippen LogP contribution in [0.5, 0.6) is 11.5 Å². The van der Waals surface area contributed by atoms with E-state index in [1.54, 1.807) is 32.4 Å². The van der Waals surface area contributed by atoms with Crippen LogP contribution >= 0.6 is 11.6 Å². The van der Waals surface area contributed by atoms with E-state index in [9.17, 15) is 5.11 Å². The van der Waals surface area contributed by atoms with Crippen LogP contribution in [0.3, 0.4) is 0 Å². The number of furan rings is 1. The van der Waals surface area contributed by atoms with Gasteiger partial charge in [-0.15, -0.1) is 0 Å². The van der Waals surface area contributed by atoms with Crippen LogP contribution in [-0.4, -0.2) is 25.9 Å². The quantitative estimate of drug-likeness (QED) is 0.598. The number of halogens is 1. The molecule has 27 heavy (non-hydrogen) atoms. The minimum atomic E-state index is -0.743. The summed E-state index contributed by atoms with van der Waals surface area (Å²) in [5, 5.41) is 14.3. The van der Waals surface area contributed by atoms with Crippen molar-refractivity contribution in [3.63, 3.8) is 0 Å². The van der Waals surface area contributed by atoms with Crippen molar-refractivity contribution in [2.75, 3.05) is 20.8 Å². The van der Waals surface area contributed by atoms with Crippen LogP contribution < -0.4 is 14.8 Å². The third-order valence-corrected chi connectivity index (χ3v) is 4.56. The van der Waals surface area contributed by atoms with Gasteiger partial charge in [0.1, 0.15) is 23.0 Å². The summed E-state index contributed by atoms with van der Waals surface area (Å²) in [7, 11) is 3.16. The molecule has 0 saturated heterocycles. The first kappa shape index (κ1) is 19.3. The predicted molar refractivity (Wildman–Crippen MR) is 105 cm³/mol. The van der Waals surface area contributed by atoms with E-state index in [1.165, 1.54) is 0 Å². The lowest BCUT2D eigenvalue weighted by atomic mass is 10.1. The number of aliphatic hydroxyl groups is 1. The molecule has 0 saturated carbocycles. The van der Waals surface area contributed by atoms with Gasteiger partial charge in [-0.05, 0) is 42.5 Å². The minimum absolute atomic E-state index is 0.339. The fourth-order valence-corrected chi connectivity index (χ4v) is 3.05. The summed E-state index contributed by atoms with van der Waals surface area (Å²) in [6.07, 6.45) is -0.743. The molecule has 0 aliphatic heterocycles. The van der Waals surface area contributed by atoms with Gasteiger partial charge in [0.25, 0.3) is 0 Å². The Kier molecular flexibility index (Phi) is 6.40. The number of benzene rings is 2. The van der Waals surface area contributed by atoms with Gasteiger partial charge in [0, 0.05) is 17.7 Å². The Labute approximate surface area is 163 Å². The maximum absolute atomic E-state index is 10.5. The number of nitrogens with one attached hydrogen (secondary N) is 1. The summed E-state index contributed by atoms with van der Waals surface area (Å²) in [5.41, 5.74) is 1.52. The third-order valence-electron chi connectivity index (χ3n) is 4.23. The average Bonchev–Trinajstić information content (AvgIpc) is 3.16. The molecule has 0 bridgehead atoms. The molecule has 0 fully saturated rings. The second-order valence-corrected chi connectivity index (χ2v) is 6.41. The van der Waals surface area contributed by atoms with Gasteiger partial charge >= 0.3 is 0 Å². The van der Waals surface area contributed by atoms with Crippen molar-refractivity contribution in [3.05, 3.63) is 70.9 Å². The fourth-order valence-electron chi connectivity index (χ4n) is 2.82. The summed E-state index contributed by atoms with van der Waals surface area (Å²) in [6.45, 7) is 0.819. The van der Waals surface area contributed by atoms with Crippen molar-refractivity contribution in [1.82, 2.24) is 5.32 Å². The lowest BCUT2D eigenvalue weighted by molar-refractivity contribution is 0.169. The number of hydrogen-bond acceptors (Lipinski definition) is 5. The highest BCUT2D eigenvalue weighted by molar-refractivity contribution is 6.33. The van der Waals surface area contributed by atoms with Crippen LogP contribution in [0.15, 0.2) is 59.0 Å². The Hall–Kier alpha value is -2.47. The topological polar surface area (TPSA) is 63.9 Å². The molecule has 6 heteroatoms. The molecule has 3 aromatic rings. The second-order valence-electron chi connectivity index (χ2n) is 6.00. The van der Waals surface area contributed by atoms with Crippen LogP contribution in [0.25, 0.3) is 11.3 Å². The normalized spacial score (nSPS) is 12.0. The zero-order valence-electron chi connectivity index (χ0n) is 15.2. The van der Waals surface area contributed by atoms with Crippen molar-refractivity contribution in [2.45, 2.75) is 12.6 Å². The summed E-state index contributed by atoms with van der Waals surface area (Å²) in [5.74, 6) is 2.76. The predicted octanol–water partition coefficient (Wildman–Crippen LogP) is 4.44. The van der Waals surface area contributed by atoms with Gasteiger partial charge in [-0.2, -0.15) is 0 Å².